The Kier molecular flexibility index (Phi) is 6.12. The van der Waals surface area contributed by atoms with Crippen molar-refractivity contribution >= 4 is 5.91 Å². The lowest BCUT2D eigenvalue weighted by molar-refractivity contribution is -0.137. The van der Waals surface area contributed by atoms with E-state index in [0.29, 0.717) is 24.4 Å². The molecule has 1 amide bonds. The lowest BCUT2D eigenvalue weighted by atomic mass is 9.88. The number of amides is 1. The number of benzene rings is 3. The van der Waals surface area contributed by atoms with E-state index in [1.54, 1.807) is 24.0 Å². The molecule has 3 aromatic carbocycles. The number of oxazole rings is 1. The number of carbonyl (C=O) groups excluding carboxylic acids is 1. The average molecular weight is 494 g/mol. The number of fused-ring (bicyclic) bond motifs is 1. The van der Waals surface area contributed by atoms with Crippen LogP contribution in [-0.2, 0) is 23.8 Å². The second-order valence-corrected chi connectivity index (χ2v) is 8.77. The van der Waals surface area contributed by atoms with E-state index in [4.69, 9.17) is 4.42 Å². The van der Waals surface area contributed by atoms with Gasteiger partial charge in [0.25, 0.3) is 0 Å². The van der Waals surface area contributed by atoms with Crippen LogP contribution in [0.2, 0.25) is 0 Å². The predicted octanol–water partition coefficient (Wildman–Crippen LogP) is 6.52. The molecule has 0 spiro atoms. The molecule has 0 aliphatic carbocycles. The molecule has 184 valence electrons. The first kappa shape index (κ1) is 23.8. The van der Waals surface area contributed by atoms with E-state index in [1.807, 2.05) is 24.3 Å². The summed E-state index contributed by atoms with van der Waals surface area (Å²) in [4.78, 5) is 19.6. The summed E-state index contributed by atoms with van der Waals surface area (Å²) in [5.74, 6) is -0.168. The van der Waals surface area contributed by atoms with Gasteiger partial charge >= 0.3 is 6.18 Å². The quantitative estimate of drug-likeness (QED) is 0.303. The Balaban J connectivity index is 1.44. The Morgan fingerprint density at radius 3 is 2.56 bits per heavy atom. The molecular weight excluding hydrogens is 472 g/mol. The molecule has 1 aliphatic rings. The normalized spacial score (nSPS) is 15.6. The largest absolute Gasteiger partial charge is 0.441 e. The number of hydrogen-bond acceptors (Lipinski definition) is 3. The van der Waals surface area contributed by atoms with Crippen molar-refractivity contribution in [1.82, 2.24) is 9.88 Å². The van der Waals surface area contributed by atoms with Crippen LogP contribution in [0, 0.1) is 12.7 Å². The summed E-state index contributed by atoms with van der Waals surface area (Å²) in [5.41, 5.74) is 2.64. The fourth-order valence-electron chi connectivity index (χ4n) is 4.63. The van der Waals surface area contributed by atoms with Crippen LogP contribution in [0.4, 0.5) is 17.6 Å². The Bertz CT molecular complexity index is 1410. The summed E-state index contributed by atoms with van der Waals surface area (Å²) in [5, 5.41) is 0. The van der Waals surface area contributed by atoms with Crippen LogP contribution in [0.3, 0.4) is 0 Å². The summed E-state index contributed by atoms with van der Waals surface area (Å²) in [6.07, 6.45) is -3.89. The fraction of sp³-hybridized carbons (Fsp3) is 0.214. The first-order chi connectivity index (χ1) is 17.2. The molecule has 0 saturated carbocycles. The third-order valence-electron chi connectivity index (χ3n) is 6.44. The van der Waals surface area contributed by atoms with E-state index in [9.17, 15) is 22.4 Å². The highest BCUT2D eigenvalue weighted by atomic mass is 19.4. The van der Waals surface area contributed by atoms with E-state index >= 15 is 0 Å². The van der Waals surface area contributed by atoms with Gasteiger partial charge in [0.1, 0.15) is 11.6 Å². The van der Waals surface area contributed by atoms with Crippen LogP contribution in [0.15, 0.2) is 77.2 Å². The molecule has 0 saturated heterocycles. The van der Waals surface area contributed by atoms with Gasteiger partial charge in [-0.05, 0) is 60.4 Å². The molecule has 36 heavy (non-hydrogen) atoms. The number of rotatable bonds is 4. The van der Waals surface area contributed by atoms with Crippen molar-refractivity contribution in [3.05, 3.63) is 112 Å². The minimum atomic E-state index is -4.49. The van der Waals surface area contributed by atoms with Crippen LogP contribution in [0.5, 0.6) is 0 Å². The number of hydrogen-bond donors (Lipinski definition) is 0. The van der Waals surface area contributed by atoms with Crippen LogP contribution in [0.25, 0.3) is 11.5 Å². The van der Waals surface area contributed by atoms with Crippen molar-refractivity contribution in [3.8, 4) is 11.5 Å². The number of alkyl halides is 3. The van der Waals surface area contributed by atoms with Crippen LogP contribution in [0.1, 0.15) is 39.7 Å². The number of halogens is 4. The summed E-state index contributed by atoms with van der Waals surface area (Å²) >= 11 is 0. The molecular formula is C28H22F4N2O2. The fourth-order valence-corrected chi connectivity index (χ4v) is 4.63. The standard InChI is InChI=1S/C28H22F4N2O2/c1-17-24(33-27(36-17)20-6-4-7-21(15-20)28(30,31)32)16-25(35)34-14-13-18-5-2-3-8-23(18)26(34)19-9-11-22(29)12-10-19/h2-12,15,26H,13-14,16H2,1H3/t26-/m0/s1. The maximum Gasteiger partial charge on any atom is 0.416 e. The maximum absolute atomic E-state index is 13.6. The van der Waals surface area contributed by atoms with Crippen LogP contribution >= 0.6 is 0 Å². The zero-order chi connectivity index (χ0) is 25.4. The molecule has 1 atom stereocenters. The second kappa shape index (κ2) is 9.26. The molecule has 0 bridgehead atoms. The van der Waals surface area contributed by atoms with E-state index in [1.165, 1.54) is 24.3 Å². The first-order valence-electron chi connectivity index (χ1n) is 11.5. The Labute approximate surface area is 205 Å². The van der Waals surface area contributed by atoms with Crippen LogP contribution < -0.4 is 0 Å². The van der Waals surface area contributed by atoms with Crippen molar-refractivity contribution in [2.45, 2.75) is 32.0 Å². The average Bonchev–Trinajstić information content (AvgIpc) is 3.23. The van der Waals surface area contributed by atoms with Gasteiger partial charge in [0.2, 0.25) is 11.8 Å². The number of nitrogens with zero attached hydrogens (tertiary/aromatic N) is 2. The predicted molar refractivity (Wildman–Crippen MR) is 125 cm³/mol. The molecule has 1 aliphatic heterocycles. The zero-order valence-corrected chi connectivity index (χ0v) is 19.3. The lowest BCUT2D eigenvalue weighted by Gasteiger charge is -2.38. The number of carbonyl (C=O) groups is 1. The van der Waals surface area contributed by atoms with Crippen LogP contribution in [-0.4, -0.2) is 22.3 Å². The summed E-state index contributed by atoms with van der Waals surface area (Å²) in [6, 6.07) is 18.3. The minimum absolute atomic E-state index is 0.0282. The minimum Gasteiger partial charge on any atom is -0.441 e. The molecule has 4 nitrogen and oxygen atoms in total. The van der Waals surface area contributed by atoms with Crippen molar-refractivity contribution in [2.75, 3.05) is 6.54 Å². The summed E-state index contributed by atoms with van der Waals surface area (Å²) in [6.45, 7) is 2.10. The Hall–Kier alpha value is -3.94. The van der Waals surface area contributed by atoms with Gasteiger partial charge in [0.15, 0.2) is 0 Å². The third kappa shape index (κ3) is 4.63. The third-order valence-corrected chi connectivity index (χ3v) is 6.44. The Morgan fingerprint density at radius 1 is 1.06 bits per heavy atom. The smallest absolute Gasteiger partial charge is 0.416 e. The van der Waals surface area contributed by atoms with Crippen molar-refractivity contribution in [2.24, 2.45) is 0 Å². The van der Waals surface area contributed by atoms with E-state index in [-0.39, 0.29) is 29.6 Å². The van der Waals surface area contributed by atoms with E-state index in [0.717, 1.165) is 28.8 Å². The highest BCUT2D eigenvalue weighted by Gasteiger charge is 2.33. The molecule has 0 N–H and O–H groups in total. The molecule has 5 rings (SSSR count). The second-order valence-electron chi connectivity index (χ2n) is 8.77. The van der Waals surface area contributed by atoms with Gasteiger partial charge in [0.05, 0.1) is 23.7 Å². The van der Waals surface area contributed by atoms with Gasteiger partial charge in [-0.1, -0.05) is 42.5 Å². The molecule has 0 unspecified atom stereocenters. The summed E-state index contributed by atoms with van der Waals surface area (Å²) in [7, 11) is 0. The highest BCUT2D eigenvalue weighted by molar-refractivity contribution is 5.80. The topological polar surface area (TPSA) is 46.3 Å². The number of aryl methyl sites for hydroxylation is 1. The lowest BCUT2D eigenvalue weighted by Crippen LogP contribution is -2.41. The maximum atomic E-state index is 13.6. The van der Waals surface area contributed by atoms with Gasteiger partial charge in [-0.2, -0.15) is 13.2 Å². The molecule has 0 fully saturated rings. The monoisotopic (exact) mass is 494 g/mol. The van der Waals surface area contributed by atoms with Gasteiger partial charge < -0.3 is 9.32 Å². The van der Waals surface area contributed by atoms with E-state index in [2.05, 4.69) is 4.98 Å². The van der Waals surface area contributed by atoms with Gasteiger partial charge in [-0.15, -0.1) is 0 Å². The zero-order valence-electron chi connectivity index (χ0n) is 19.3. The summed E-state index contributed by atoms with van der Waals surface area (Å²) < 4.78 is 58.6. The van der Waals surface area contributed by atoms with Crippen molar-refractivity contribution < 1.29 is 26.8 Å². The van der Waals surface area contributed by atoms with Gasteiger partial charge in [0, 0.05) is 12.1 Å². The van der Waals surface area contributed by atoms with Gasteiger partial charge in [-0.25, -0.2) is 9.37 Å². The first-order valence-corrected chi connectivity index (χ1v) is 11.5. The van der Waals surface area contributed by atoms with Crippen molar-refractivity contribution in [3.63, 3.8) is 0 Å². The molecule has 2 heterocycles. The van der Waals surface area contributed by atoms with E-state index < -0.39 is 17.8 Å². The molecule has 8 heteroatoms. The highest BCUT2D eigenvalue weighted by Crippen LogP contribution is 2.36. The molecule has 1 aromatic heterocycles. The van der Waals surface area contributed by atoms with Gasteiger partial charge in [-0.3, -0.25) is 4.79 Å². The Morgan fingerprint density at radius 2 is 1.81 bits per heavy atom. The number of aromatic nitrogens is 1. The SMILES string of the molecule is Cc1oc(-c2cccc(C(F)(F)F)c2)nc1CC(=O)N1CCc2ccccc2[C@@H]1c1ccc(F)cc1. The molecule has 4 aromatic rings. The molecule has 0 radical (unpaired) electrons. The van der Waals surface area contributed by atoms with Crippen molar-refractivity contribution in [1.29, 1.82) is 0 Å².